The van der Waals surface area contributed by atoms with Crippen LogP contribution in [0, 0.1) is 11.8 Å². The first-order valence-electron chi connectivity index (χ1n) is 8.79. The van der Waals surface area contributed by atoms with Crippen LogP contribution in [0.2, 0.25) is 0 Å². The predicted octanol–water partition coefficient (Wildman–Crippen LogP) is 3.43. The Kier molecular flexibility index (Phi) is 3.97. The maximum absolute atomic E-state index is 12.5. The molecule has 2 fully saturated rings. The van der Waals surface area contributed by atoms with Gasteiger partial charge in [0.1, 0.15) is 0 Å². The van der Waals surface area contributed by atoms with Crippen LogP contribution in [0.15, 0.2) is 42.5 Å². The van der Waals surface area contributed by atoms with Gasteiger partial charge >= 0.3 is 0 Å². The Morgan fingerprint density at radius 3 is 2.29 bits per heavy atom. The van der Waals surface area contributed by atoms with Gasteiger partial charge in [-0.1, -0.05) is 30.3 Å². The second kappa shape index (κ2) is 6.27. The molecule has 2 amide bonds. The lowest BCUT2D eigenvalue weighted by atomic mass is 9.95. The SMILES string of the molecule is O=C(Nc1ccc2ccccc2c1)C1CCN(C(=O)C2CC2)CC1. The first-order chi connectivity index (χ1) is 11.7. The van der Waals surface area contributed by atoms with Gasteiger partial charge in [-0.3, -0.25) is 9.59 Å². The van der Waals surface area contributed by atoms with Crippen LogP contribution in [0.1, 0.15) is 25.7 Å². The van der Waals surface area contributed by atoms with E-state index in [9.17, 15) is 9.59 Å². The first kappa shape index (κ1) is 15.2. The molecule has 2 aromatic carbocycles. The molecule has 1 N–H and O–H groups in total. The van der Waals surface area contributed by atoms with Crippen LogP contribution in [0.5, 0.6) is 0 Å². The fraction of sp³-hybridized carbons (Fsp3) is 0.400. The van der Waals surface area contributed by atoms with Gasteiger partial charge in [0.05, 0.1) is 0 Å². The molecule has 4 nitrogen and oxygen atoms in total. The maximum Gasteiger partial charge on any atom is 0.227 e. The second-order valence-corrected chi connectivity index (χ2v) is 6.93. The average molecular weight is 322 g/mol. The number of rotatable bonds is 3. The molecule has 24 heavy (non-hydrogen) atoms. The molecule has 0 unspecified atom stereocenters. The van der Waals surface area contributed by atoms with E-state index in [-0.39, 0.29) is 17.7 Å². The predicted molar refractivity (Wildman–Crippen MR) is 94.6 cm³/mol. The molecular formula is C20H22N2O2. The van der Waals surface area contributed by atoms with Crippen LogP contribution in [-0.2, 0) is 9.59 Å². The van der Waals surface area contributed by atoms with Crippen molar-refractivity contribution in [2.75, 3.05) is 18.4 Å². The monoisotopic (exact) mass is 322 g/mol. The number of amides is 2. The minimum absolute atomic E-state index is 0.000256. The number of carbonyl (C=O) groups is 2. The molecule has 4 heteroatoms. The van der Waals surface area contributed by atoms with Gasteiger partial charge in [0.15, 0.2) is 0 Å². The number of benzene rings is 2. The van der Waals surface area contributed by atoms with Gasteiger partial charge in [-0.05, 0) is 48.6 Å². The summed E-state index contributed by atoms with van der Waals surface area (Å²) in [7, 11) is 0. The fourth-order valence-corrected chi connectivity index (χ4v) is 3.46. The molecule has 124 valence electrons. The van der Waals surface area contributed by atoms with Crippen molar-refractivity contribution >= 4 is 28.3 Å². The number of nitrogens with zero attached hydrogens (tertiary/aromatic N) is 1. The summed E-state index contributed by atoms with van der Waals surface area (Å²) in [5.41, 5.74) is 0.843. The zero-order valence-corrected chi connectivity index (χ0v) is 13.7. The van der Waals surface area contributed by atoms with E-state index >= 15 is 0 Å². The third kappa shape index (κ3) is 3.14. The number of piperidine rings is 1. The Bertz CT molecular complexity index is 774. The number of hydrogen-bond acceptors (Lipinski definition) is 2. The molecule has 1 aliphatic heterocycles. The van der Waals surface area contributed by atoms with Crippen LogP contribution >= 0.6 is 0 Å². The van der Waals surface area contributed by atoms with Crippen LogP contribution in [0.3, 0.4) is 0 Å². The number of likely N-dealkylation sites (tertiary alicyclic amines) is 1. The number of carbonyl (C=O) groups excluding carboxylic acids is 2. The van der Waals surface area contributed by atoms with E-state index in [1.165, 1.54) is 5.39 Å². The number of fused-ring (bicyclic) bond motifs is 1. The van der Waals surface area contributed by atoms with Crippen molar-refractivity contribution in [2.45, 2.75) is 25.7 Å². The summed E-state index contributed by atoms with van der Waals surface area (Å²) in [6.07, 6.45) is 3.61. The standard InChI is InChI=1S/C20H22N2O2/c23-19(15-9-11-22(12-10-15)20(24)16-5-6-16)21-18-8-7-14-3-1-2-4-17(14)13-18/h1-4,7-8,13,15-16H,5-6,9-12H2,(H,21,23). The summed E-state index contributed by atoms with van der Waals surface area (Å²) in [5, 5.41) is 5.33. The molecule has 1 heterocycles. The molecule has 0 bridgehead atoms. The highest BCUT2D eigenvalue weighted by molar-refractivity contribution is 5.95. The maximum atomic E-state index is 12.5. The molecule has 2 aliphatic rings. The van der Waals surface area contributed by atoms with E-state index < -0.39 is 0 Å². The Labute approximate surface area is 141 Å². The number of hydrogen-bond donors (Lipinski definition) is 1. The quantitative estimate of drug-likeness (QED) is 0.941. The summed E-state index contributed by atoms with van der Waals surface area (Å²) >= 11 is 0. The van der Waals surface area contributed by atoms with Crippen molar-refractivity contribution in [3.63, 3.8) is 0 Å². The summed E-state index contributed by atoms with van der Waals surface area (Å²) in [6.45, 7) is 1.43. The largest absolute Gasteiger partial charge is 0.342 e. The lowest BCUT2D eigenvalue weighted by molar-refractivity contribution is -0.135. The van der Waals surface area contributed by atoms with E-state index in [2.05, 4.69) is 11.4 Å². The molecule has 4 rings (SSSR count). The average Bonchev–Trinajstić information content (AvgIpc) is 3.46. The van der Waals surface area contributed by atoms with Gasteiger partial charge in [0, 0.05) is 30.6 Å². The molecule has 0 aromatic heterocycles. The highest BCUT2D eigenvalue weighted by Gasteiger charge is 2.35. The van der Waals surface area contributed by atoms with Gasteiger partial charge < -0.3 is 10.2 Å². The van der Waals surface area contributed by atoms with E-state index in [0.717, 1.165) is 36.8 Å². The lowest BCUT2D eigenvalue weighted by Crippen LogP contribution is -2.42. The van der Waals surface area contributed by atoms with E-state index in [1.807, 2.05) is 41.3 Å². The molecule has 0 radical (unpaired) electrons. The molecule has 1 aliphatic carbocycles. The van der Waals surface area contributed by atoms with Crippen molar-refractivity contribution in [1.29, 1.82) is 0 Å². The highest BCUT2D eigenvalue weighted by atomic mass is 16.2. The fourth-order valence-electron chi connectivity index (χ4n) is 3.46. The van der Waals surface area contributed by atoms with Gasteiger partial charge in [-0.15, -0.1) is 0 Å². The first-order valence-corrected chi connectivity index (χ1v) is 8.79. The summed E-state index contributed by atoms with van der Waals surface area (Å²) in [6, 6.07) is 14.1. The molecule has 1 saturated carbocycles. The Morgan fingerprint density at radius 1 is 0.875 bits per heavy atom. The van der Waals surface area contributed by atoms with E-state index in [0.29, 0.717) is 19.0 Å². The van der Waals surface area contributed by atoms with Gasteiger partial charge in [0.2, 0.25) is 11.8 Å². The van der Waals surface area contributed by atoms with E-state index in [1.54, 1.807) is 0 Å². The molecule has 0 spiro atoms. The van der Waals surface area contributed by atoms with E-state index in [4.69, 9.17) is 0 Å². The lowest BCUT2D eigenvalue weighted by Gasteiger charge is -2.31. The molecule has 2 aromatic rings. The highest BCUT2D eigenvalue weighted by Crippen LogP contribution is 2.32. The summed E-state index contributed by atoms with van der Waals surface area (Å²) in [4.78, 5) is 26.5. The van der Waals surface area contributed by atoms with Crippen LogP contribution in [-0.4, -0.2) is 29.8 Å². The summed E-state index contributed by atoms with van der Waals surface area (Å²) in [5.74, 6) is 0.639. The molecule has 1 saturated heterocycles. The zero-order valence-electron chi connectivity index (χ0n) is 13.7. The third-order valence-electron chi connectivity index (χ3n) is 5.12. The Balaban J connectivity index is 1.36. The molecular weight excluding hydrogens is 300 g/mol. The topological polar surface area (TPSA) is 49.4 Å². The van der Waals surface area contributed by atoms with Crippen LogP contribution in [0.25, 0.3) is 10.8 Å². The summed E-state index contributed by atoms with van der Waals surface area (Å²) < 4.78 is 0. The third-order valence-corrected chi connectivity index (χ3v) is 5.12. The minimum Gasteiger partial charge on any atom is -0.342 e. The van der Waals surface area contributed by atoms with Crippen molar-refractivity contribution in [2.24, 2.45) is 11.8 Å². The minimum atomic E-state index is -0.000256. The van der Waals surface area contributed by atoms with Crippen molar-refractivity contribution in [3.8, 4) is 0 Å². The van der Waals surface area contributed by atoms with Gasteiger partial charge in [0.25, 0.3) is 0 Å². The van der Waals surface area contributed by atoms with Crippen molar-refractivity contribution < 1.29 is 9.59 Å². The van der Waals surface area contributed by atoms with Gasteiger partial charge in [-0.2, -0.15) is 0 Å². The zero-order chi connectivity index (χ0) is 16.5. The Hall–Kier alpha value is -2.36. The van der Waals surface area contributed by atoms with Crippen LogP contribution < -0.4 is 5.32 Å². The Morgan fingerprint density at radius 2 is 1.58 bits per heavy atom. The number of anilines is 1. The van der Waals surface area contributed by atoms with Crippen molar-refractivity contribution in [3.05, 3.63) is 42.5 Å². The van der Waals surface area contributed by atoms with Gasteiger partial charge in [-0.25, -0.2) is 0 Å². The van der Waals surface area contributed by atoms with Crippen molar-refractivity contribution in [1.82, 2.24) is 4.90 Å². The number of nitrogens with one attached hydrogen (secondary N) is 1. The normalized spacial score (nSPS) is 18.6. The van der Waals surface area contributed by atoms with Crippen LogP contribution in [0.4, 0.5) is 5.69 Å². The molecule has 0 atom stereocenters. The smallest absolute Gasteiger partial charge is 0.227 e. The second-order valence-electron chi connectivity index (χ2n) is 6.93.